The SMILES string of the molecule is C[C@H]1COC(c2cccn2Cc2ccc(F)cc2Cl)=N1. The van der Waals surface area contributed by atoms with E-state index < -0.39 is 0 Å². The number of hydrogen-bond acceptors (Lipinski definition) is 2. The molecule has 0 N–H and O–H groups in total. The van der Waals surface area contributed by atoms with Crippen molar-refractivity contribution in [2.75, 3.05) is 6.61 Å². The van der Waals surface area contributed by atoms with E-state index in [0.29, 0.717) is 24.1 Å². The summed E-state index contributed by atoms with van der Waals surface area (Å²) < 4.78 is 20.6. The van der Waals surface area contributed by atoms with Crippen LogP contribution < -0.4 is 0 Å². The molecule has 0 saturated heterocycles. The van der Waals surface area contributed by atoms with Gasteiger partial charge in [-0.15, -0.1) is 0 Å². The Morgan fingerprint density at radius 3 is 3.00 bits per heavy atom. The molecule has 0 fully saturated rings. The third-order valence-electron chi connectivity index (χ3n) is 3.20. The second-order valence-electron chi connectivity index (χ2n) is 4.85. The van der Waals surface area contributed by atoms with E-state index in [4.69, 9.17) is 16.3 Å². The number of aromatic nitrogens is 1. The van der Waals surface area contributed by atoms with Gasteiger partial charge < -0.3 is 9.30 Å². The van der Waals surface area contributed by atoms with Gasteiger partial charge in [0.15, 0.2) is 0 Å². The maximum Gasteiger partial charge on any atom is 0.233 e. The molecule has 0 amide bonds. The average Bonchev–Trinajstić information content (AvgIpc) is 3.01. The van der Waals surface area contributed by atoms with E-state index >= 15 is 0 Å². The van der Waals surface area contributed by atoms with Gasteiger partial charge in [-0.1, -0.05) is 17.7 Å². The molecule has 0 bridgehead atoms. The van der Waals surface area contributed by atoms with E-state index in [9.17, 15) is 4.39 Å². The van der Waals surface area contributed by atoms with Gasteiger partial charge in [0.25, 0.3) is 0 Å². The van der Waals surface area contributed by atoms with E-state index in [1.807, 2.05) is 29.8 Å². The first-order valence-corrected chi connectivity index (χ1v) is 6.81. The second-order valence-corrected chi connectivity index (χ2v) is 5.26. The van der Waals surface area contributed by atoms with Gasteiger partial charge in [0.05, 0.1) is 6.04 Å². The molecular weight excluding hydrogens is 279 g/mol. The molecule has 0 aliphatic carbocycles. The lowest BCUT2D eigenvalue weighted by Gasteiger charge is -2.10. The van der Waals surface area contributed by atoms with Gasteiger partial charge >= 0.3 is 0 Å². The van der Waals surface area contributed by atoms with Crippen LogP contribution in [0, 0.1) is 5.82 Å². The molecule has 0 spiro atoms. The zero-order valence-electron chi connectivity index (χ0n) is 11.0. The Hall–Kier alpha value is -1.81. The first-order chi connectivity index (χ1) is 9.63. The van der Waals surface area contributed by atoms with Gasteiger partial charge in [-0.3, -0.25) is 0 Å². The van der Waals surface area contributed by atoms with E-state index in [1.165, 1.54) is 12.1 Å². The highest BCUT2D eigenvalue weighted by atomic mass is 35.5. The molecule has 0 unspecified atom stereocenters. The monoisotopic (exact) mass is 292 g/mol. The molecule has 0 saturated carbocycles. The van der Waals surface area contributed by atoms with Crippen LogP contribution in [-0.4, -0.2) is 23.1 Å². The van der Waals surface area contributed by atoms with Gasteiger partial charge in [-0.2, -0.15) is 0 Å². The maximum atomic E-state index is 13.1. The molecule has 1 aliphatic heterocycles. The van der Waals surface area contributed by atoms with E-state index in [0.717, 1.165) is 11.3 Å². The highest BCUT2D eigenvalue weighted by Crippen LogP contribution is 2.20. The molecule has 1 aromatic heterocycles. The molecule has 5 heteroatoms. The zero-order chi connectivity index (χ0) is 14.1. The number of aliphatic imine (C=N–C) groups is 1. The minimum absolute atomic E-state index is 0.183. The Morgan fingerprint density at radius 2 is 2.30 bits per heavy atom. The largest absolute Gasteiger partial charge is 0.474 e. The van der Waals surface area contributed by atoms with Crippen molar-refractivity contribution in [3.63, 3.8) is 0 Å². The van der Waals surface area contributed by atoms with Crippen LogP contribution in [0.5, 0.6) is 0 Å². The molecule has 0 radical (unpaired) electrons. The van der Waals surface area contributed by atoms with Crippen molar-refractivity contribution in [1.29, 1.82) is 0 Å². The number of hydrogen-bond donors (Lipinski definition) is 0. The highest BCUT2D eigenvalue weighted by Gasteiger charge is 2.19. The third kappa shape index (κ3) is 2.56. The van der Waals surface area contributed by atoms with Crippen LogP contribution in [-0.2, 0) is 11.3 Å². The Morgan fingerprint density at radius 1 is 1.45 bits per heavy atom. The second kappa shape index (κ2) is 5.29. The summed E-state index contributed by atoms with van der Waals surface area (Å²) in [4.78, 5) is 4.45. The summed E-state index contributed by atoms with van der Waals surface area (Å²) in [7, 11) is 0. The van der Waals surface area contributed by atoms with Gasteiger partial charge in [0.1, 0.15) is 18.1 Å². The molecular formula is C15H14ClFN2O. The first kappa shape index (κ1) is 13.2. The van der Waals surface area contributed by atoms with Gasteiger partial charge in [-0.25, -0.2) is 9.38 Å². The van der Waals surface area contributed by atoms with Crippen molar-refractivity contribution in [1.82, 2.24) is 4.57 Å². The Balaban J connectivity index is 1.89. The van der Waals surface area contributed by atoms with Gasteiger partial charge in [0, 0.05) is 17.8 Å². The van der Waals surface area contributed by atoms with E-state index in [2.05, 4.69) is 4.99 Å². The average molecular weight is 293 g/mol. The summed E-state index contributed by atoms with van der Waals surface area (Å²) in [6.07, 6.45) is 1.93. The summed E-state index contributed by atoms with van der Waals surface area (Å²) in [5, 5.41) is 0.423. The fourth-order valence-electron chi connectivity index (χ4n) is 2.19. The van der Waals surface area contributed by atoms with Crippen LogP contribution >= 0.6 is 11.6 Å². The summed E-state index contributed by atoms with van der Waals surface area (Å²) in [6, 6.07) is 8.50. The Labute approximate surface area is 121 Å². The lowest BCUT2D eigenvalue weighted by molar-refractivity contribution is 0.322. The van der Waals surface area contributed by atoms with E-state index in [-0.39, 0.29) is 11.9 Å². The van der Waals surface area contributed by atoms with Crippen molar-refractivity contribution in [2.45, 2.75) is 19.5 Å². The molecule has 3 rings (SSSR count). The maximum absolute atomic E-state index is 13.1. The first-order valence-electron chi connectivity index (χ1n) is 6.43. The standard InChI is InChI=1S/C15H14ClFN2O/c1-10-9-20-15(18-10)14-3-2-6-19(14)8-11-4-5-12(17)7-13(11)16/h2-7,10H,8-9H2,1H3/t10-/m0/s1. The fraction of sp³-hybridized carbons (Fsp3) is 0.267. The molecule has 104 valence electrons. The van der Waals surface area contributed by atoms with Crippen molar-refractivity contribution in [3.8, 4) is 0 Å². The normalized spacial score (nSPS) is 17.9. The lowest BCUT2D eigenvalue weighted by atomic mass is 10.2. The number of benzene rings is 1. The highest BCUT2D eigenvalue weighted by molar-refractivity contribution is 6.31. The van der Waals surface area contributed by atoms with Crippen molar-refractivity contribution < 1.29 is 9.13 Å². The molecule has 2 aromatic rings. The molecule has 2 heterocycles. The van der Waals surface area contributed by atoms with Crippen LogP contribution in [0.3, 0.4) is 0 Å². The number of ether oxygens (including phenoxy) is 1. The fourth-order valence-corrected chi connectivity index (χ4v) is 2.42. The van der Waals surface area contributed by atoms with Crippen LogP contribution in [0.2, 0.25) is 5.02 Å². The van der Waals surface area contributed by atoms with Crippen LogP contribution in [0.4, 0.5) is 4.39 Å². The van der Waals surface area contributed by atoms with Crippen molar-refractivity contribution >= 4 is 17.5 Å². The summed E-state index contributed by atoms with van der Waals surface area (Å²) in [5.74, 6) is 0.324. The molecule has 1 aromatic carbocycles. The van der Waals surface area contributed by atoms with Gasteiger partial charge in [0.2, 0.25) is 5.90 Å². The van der Waals surface area contributed by atoms with Crippen LogP contribution in [0.25, 0.3) is 0 Å². The minimum Gasteiger partial charge on any atom is -0.474 e. The third-order valence-corrected chi connectivity index (χ3v) is 3.56. The summed E-state index contributed by atoms with van der Waals surface area (Å²) in [6.45, 7) is 3.17. The zero-order valence-corrected chi connectivity index (χ0v) is 11.8. The predicted molar refractivity (Wildman–Crippen MR) is 76.9 cm³/mol. The Kier molecular flexibility index (Phi) is 3.49. The lowest BCUT2D eigenvalue weighted by Crippen LogP contribution is -2.10. The van der Waals surface area contributed by atoms with Crippen LogP contribution in [0.15, 0.2) is 41.5 Å². The minimum atomic E-state index is -0.330. The number of rotatable bonds is 3. The molecule has 3 nitrogen and oxygen atoms in total. The van der Waals surface area contributed by atoms with Crippen LogP contribution in [0.1, 0.15) is 18.2 Å². The summed E-state index contributed by atoms with van der Waals surface area (Å²) in [5.41, 5.74) is 1.77. The summed E-state index contributed by atoms with van der Waals surface area (Å²) >= 11 is 6.07. The van der Waals surface area contributed by atoms with E-state index in [1.54, 1.807) is 6.07 Å². The van der Waals surface area contributed by atoms with Crippen molar-refractivity contribution in [3.05, 3.63) is 58.6 Å². The van der Waals surface area contributed by atoms with Crippen molar-refractivity contribution in [2.24, 2.45) is 4.99 Å². The predicted octanol–water partition coefficient (Wildman–Crippen LogP) is 3.49. The molecule has 1 aliphatic rings. The smallest absolute Gasteiger partial charge is 0.233 e. The quantitative estimate of drug-likeness (QED) is 0.850. The number of nitrogens with zero attached hydrogens (tertiary/aromatic N) is 2. The Bertz CT molecular complexity index is 666. The topological polar surface area (TPSA) is 26.5 Å². The molecule has 1 atom stereocenters. The van der Waals surface area contributed by atoms with Gasteiger partial charge in [-0.05, 0) is 36.8 Å². The number of halogens is 2. The molecule has 20 heavy (non-hydrogen) atoms.